The van der Waals surface area contributed by atoms with Crippen LogP contribution in [0.3, 0.4) is 0 Å². The number of aromatic nitrogens is 2. The van der Waals surface area contributed by atoms with Gasteiger partial charge in [-0.25, -0.2) is 14.8 Å². The van der Waals surface area contributed by atoms with E-state index in [0.29, 0.717) is 11.3 Å². The lowest BCUT2D eigenvalue weighted by Crippen LogP contribution is -2.41. The summed E-state index contributed by atoms with van der Waals surface area (Å²) in [7, 11) is -0.631. The number of carbonyl (C=O) groups is 1. The Morgan fingerprint density at radius 1 is 1.13 bits per heavy atom. The minimum atomic E-state index is -0.631. The van der Waals surface area contributed by atoms with E-state index in [4.69, 9.17) is 14.0 Å². The van der Waals surface area contributed by atoms with Gasteiger partial charge in [0.05, 0.1) is 11.2 Å². The highest BCUT2D eigenvalue weighted by molar-refractivity contribution is 6.55. The SMILES string of the molecule is Cc1ccnc(C=C(CNC(=O)OCc2ccccc2)B2OC(C)(C)C(C)(C)O2)n1. The normalized spacial score (nSPS) is 17.6. The monoisotopic (exact) mass is 409 g/mol. The summed E-state index contributed by atoms with van der Waals surface area (Å²) < 4.78 is 17.6. The highest BCUT2D eigenvalue weighted by atomic mass is 16.7. The predicted molar refractivity (Wildman–Crippen MR) is 115 cm³/mol. The molecule has 1 fully saturated rings. The molecule has 1 aromatic heterocycles. The zero-order chi connectivity index (χ0) is 21.8. The number of nitrogens with zero attached hydrogens (tertiary/aromatic N) is 2. The Bertz CT molecular complexity index is 900. The number of hydrogen-bond acceptors (Lipinski definition) is 6. The Labute approximate surface area is 178 Å². The first-order valence-electron chi connectivity index (χ1n) is 9.96. The molecule has 3 rings (SSSR count). The quantitative estimate of drug-likeness (QED) is 0.733. The molecule has 0 atom stereocenters. The molecule has 1 N–H and O–H groups in total. The maximum absolute atomic E-state index is 12.2. The van der Waals surface area contributed by atoms with Crippen LogP contribution in [0, 0.1) is 6.92 Å². The number of carbonyl (C=O) groups excluding carboxylic acids is 1. The molecule has 8 heteroatoms. The lowest BCUT2D eigenvalue weighted by atomic mass is 9.77. The number of benzene rings is 1. The van der Waals surface area contributed by atoms with Gasteiger partial charge in [0, 0.05) is 18.4 Å². The van der Waals surface area contributed by atoms with Crippen molar-refractivity contribution in [1.29, 1.82) is 0 Å². The van der Waals surface area contributed by atoms with Gasteiger partial charge in [-0.05, 0) is 57.8 Å². The number of alkyl carbamates (subject to hydrolysis) is 1. The highest BCUT2D eigenvalue weighted by Crippen LogP contribution is 2.38. The van der Waals surface area contributed by atoms with E-state index < -0.39 is 24.4 Å². The second-order valence-electron chi connectivity index (χ2n) is 8.28. The number of amides is 1. The fourth-order valence-electron chi connectivity index (χ4n) is 2.85. The number of nitrogens with one attached hydrogen (secondary N) is 1. The van der Waals surface area contributed by atoms with Crippen LogP contribution in [0.25, 0.3) is 6.08 Å². The van der Waals surface area contributed by atoms with Crippen LogP contribution in [0.4, 0.5) is 4.79 Å². The summed E-state index contributed by atoms with van der Waals surface area (Å²) in [5.74, 6) is 0.527. The van der Waals surface area contributed by atoms with Crippen LogP contribution in [0.5, 0.6) is 0 Å². The lowest BCUT2D eigenvalue weighted by molar-refractivity contribution is 0.00578. The van der Waals surface area contributed by atoms with Crippen LogP contribution in [0.15, 0.2) is 48.1 Å². The molecule has 0 aliphatic carbocycles. The van der Waals surface area contributed by atoms with E-state index >= 15 is 0 Å². The molecule has 0 bridgehead atoms. The van der Waals surface area contributed by atoms with Crippen molar-refractivity contribution >= 4 is 19.3 Å². The third kappa shape index (κ3) is 5.46. The van der Waals surface area contributed by atoms with Gasteiger partial charge < -0.3 is 19.4 Å². The summed E-state index contributed by atoms with van der Waals surface area (Å²) in [4.78, 5) is 20.9. The fraction of sp³-hybridized carbons (Fsp3) is 0.409. The van der Waals surface area contributed by atoms with Gasteiger partial charge in [0.2, 0.25) is 0 Å². The number of ether oxygens (including phenoxy) is 1. The Morgan fingerprint density at radius 3 is 2.43 bits per heavy atom. The van der Waals surface area contributed by atoms with Crippen molar-refractivity contribution in [2.45, 2.75) is 52.4 Å². The first-order chi connectivity index (χ1) is 14.2. The molecule has 1 saturated heterocycles. The Balaban J connectivity index is 1.71. The first kappa shape index (κ1) is 22.0. The van der Waals surface area contributed by atoms with Gasteiger partial charge in [-0.15, -0.1) is 0 Å². The van der Waals surface area contributed by atoms with Crippen molar-refractivity contribution < 1.29 is 18.8 Å². The molecule has 1 amide bonds. The first-order valence-corrected chi connectivity index (χ1v) is 9.96. The van der Waals surface area contributed by atoms with Crippen LogP contribution in [0.2, 0.25) is 0 Å². The molecule has 158 valence electrons. The molecule has 1 aliphatic rings. The average molecular weight is 409 g/mol. The smallest absolute Gasteiger partial charge is 0.445 e. The van der Waals surface area contributed by atoms with Gasteiger partial charge in [0.15, 0.2) is 5.82 Å². The standard InChI is InChI=1S/C22H28BN3O4/c1-16-11-12-24-19(26-16)13-18(23-29-21(2,3)22(4,5)30-23)14-25-20(27)28-15-17-9-7-6-8-10-17/h6-13H,14-15H2,1-5H3,(H,25,27). The molecular weight excluding hydrogens is 381 g/mol. The second kappa shape index (κ2) is 8.98. The van der Waals surface area contributed by atoms with E-state index in [9.17, 15) is 4.79 Å². The van der Waals surface area contributed by atoms with Crippen LogP contribution in [-0.4, -0.2) is 40.9 Å². The molecule has 0 radical (unpaired) electrons. The Hall–Kier alpha value is -2.71. The zero-order valence-electron chi connectivity index (χ0n) is 18.1. The summed E-state index contributed by atoms with van der Waals surface area (Å²) in [6.07, 6.45) is 2.95. The van der Waals surface area contributed by atoms with Crippen LogP contribution in [-0.2, 0) is 20.7 Å². The van der Waals surface area contributed by atoms with Crippen molar-refractivity contribution in [3.63, 3.8) is 0 Å². The summed E-state index contributed by atoms with van der Waals surface area (Å²) in [6.45, 7) is 10.2. The molecule has 0 saturated carbocycles. The molecular formula is C22H28BN3O4. The fourth-order valence-corrected chi connectivity index (χ4v) is 2.85. The van der Waals surface area contributed by atoms with Crippen LogP contribution >= 0.6 is 0 Å². The van der Waals surface area contributed by atoms with Crippen LogP contribution < -0.4 is 5.32 Å². The number of aryl methyl sites for hydroxylation is 1. The van der Waals surface area contributed by atoms with Crippen molar-refractivity contribution in [1.82, 2.24) is 15.3 Å². The maximum atomic E-state index is 12.2. The maximum Gasteiger partial charge on any atom is 0.492 e. The van der Waals surface area contributed by atoms with Crippen molar-refractivity contribution in [3.8, 4) is 0 Å². The van der Waals surface area contributed by atoms with Gasteiger partial charge in [0.1, 0.15) is 6.61 Å². The van der Waals surface area contributed by atoms with Crippen LogP contribution in [0.1, 0.15) is 44.8 Å². The molecule has 2 aromatic rings. The molecule has 1 aliphatic heterocycles. The molecule has 7 nitrogen and oxygen atoms in total. The molecule has 0 spiro atoms. The van der Waals surface area contributed by atoms with E-state index in [0.717, 1.165) is 11.3 Å². The largest absolute Gasteiger partial charge is 0.492 e. The third-order valence-electron chi connectivity index (χ3n) is 5.33. The summed E-state index contributed by atoms with van der Waals surface area (Å²) >= 11 is 0. The van der Waals surface area contributed by atoms with Gasteiger partial charge in [-0.2, -0.15) is 0 Å². The van der Waals surface area contributed by atoms with Crippen molar-refractivity contribution in [2.75, 3.05) is 6.54 Å². The van der Waals surface area contributed by atoms with Gasteiger partial charge in [0.25, 0.3) is 0 Å². The minimum absolute atomic E-state index is 0.182. The van der Waals surface area contributed by atoms with E-state index in [2.05, 4.69) is 15.3 Å². The minimum Gasteiger partial charge on any atom is -0.445 e. The predicted octanol–water partition coefficient (Wildman–Crippen LogP) is 3.73. The highest BCUT2D eigenvalue weighted by Gasteiger charge is 2.52. The Morgan fingerprint density at radius 2 is 1.80 bits per heavy atom. The van der Waals surface area contributed by atoms with Gasteiger partial charge in [-0.3, -0.25) is 0 Å². The van der Waals surface area contributed by atoms with Gasteiger partial charge >= 0.3 is 13.2 Å². The molecule has 0 unspecified atom stereocenters. The topological polar surface area (TPSA) is 82.6 Å². The molecule has 30 heavy (non-hydrogen) atoms. The number of rotatable bonds is 6. The summed E-state index contributed by atoms with van der Waals surface area (Å²) in [5.41, 5.74) is 1.47. The van der Waals surface area contributed by atoms with Gasteiger partial charge in [-0.1, -0.05) is 30.3 Å². The average Bonchev–Trinajstić information content (AvgIpc) is 2.91. The van der Waals surface area contributed by atoms with E-state index in [-0.39, 0.29) is 13.2 Å². The van der Waals surface area contributed by atoms with Crippen molar-refractivity contribution in [2.24, 2.45) is 0 Å². The molecule has 2 heterocycles. The summed E-state index contributed by atoms with van der Waals surface area (Å²) in [6, 6.07) is 11.3. The second-order valence-corrected chi connectivity index (χ2v) is 8.28. The van der Waals surface area contributed by atoms with E-state index in [1.165, 1.54) is 0 Å². The number of hydrogen-bond donors (Lipinski definition) is 1. The zero-order valence-corrected chi connectivity index (χ0v) is 18.1. The van der Waals surface area contributed by atoms with E-state index in [1.807, 2.05) is 71.0 Å². The molecule has 1 aromatic carbocycles. The van der Waals surface area contributed by atoms with Crippen molar-refractivity contribution in [3.05, 3.63) is 65.1 Å². The van der Waals surface area contributed by atoms with E-state index in [1.54, 1.807) is 12.3 Å². The third-order valence-corrected chi connectivity index (χ3v) is 5.33. The Kier molecular flexibility index (Phi) is 6.58. The summed E-state index contributed by atoms with van der Waals surface area (Å²) in [5, 5.41) is 2.77. The lowest BCUT2D eigenvalue weighted by Gasteiger charge is -2.32.